The van der Waals surface area contributed by atoms with Crippen molar-refractivity contribution >= 4 is 29.3 Å². The van der Waals surface area contributed by atoms with Gasteiger partial charge in [0.2, 0.25) is 0 Å². The molecule has 1 fully saturated rings. The molecule has 1 aromatic carbocycles. The monoisotopic (exact) mass is 457 g/mol. The van der Waals surface area contributed by atoms with E-state index in [2.05, 4.69) is 21.5 Å². The van der Waals surface area contributed by atoms with Crippen molar-refractivity contribution in [2.75, 3.05) is 19.8 Å². The van der Waals surface area contributed by atoms with Crippen molar-refractivity contribution < 1.29 is 14.1 Å². The molecule has 3 heterocycles. The third-order valence-corrected chi connectivity index (χ3v) is 6.80. The van der Waals surface area contributed by atoms with Gasteiger partial charge in [-0.3, -0.25) is 4.79 Å². The first-order chi connectivity index (χ1) is 15.1. The third-order valence-electron chi connectivity index (χ3n) is 5.52. The van der Waals surface area contributed by atoms with Gasteiger partial charge in [-0.25, -0.2) is 4.98 Å². The first-order valence-corrected chi connectivity index (χ1v) is 11.5. The summed E-state index contributed by atoms with van der Waals surface area (Å²) in [5.41, 5.74) is 2.31. The number of amides is 1. The second-order valence-corrected chi connectivity index (χ2v) is 9.06. The van der Waals surface area contributed by atoms with Gasteiger partial charge in [-0.15, -0.1) is 0 Å². The van der Waals surface area contributed by atoms with E-state index in [9.17, 15) is 4.79 Å². The lowest BCUT2D eigenvalue weighted by Crippen LogP contribution is -2.44. The number of pyridine rings is 1. The predicted molar refractivity (Wildman–Crippen MR) is 121 cm³/mol. The Hall–Kier alpha value is -2.35. The summed E-state index contributed by atoms with van der Waals surface area (Å²) < 4.78 is 10.7. The van der Waals surface area contributed by atoms with E-state index in [-0.39, 0.29) is 11.3 Å². The lowest BCUT2D eigenvalue weighted by atomic mass is 9.74. The Balaban J connectivity index is 1.48. The summed E-state index contributed by atoms with van der Waals surface area (Å²) in [6.07, 6.45) is 3.35. The fourth-order valence-corrected chi connectivity index (χ4v) is 4.86. The van der Waals surface area contributed by atoms with Crippen molar-refractivity contribution in [1.29, 1.82) is 0 Å². The van der Waals surface area contributed by atoms with Gasteiger partial charge < -0.3 is 14.6 Å². The summed E-state index contributed by atoms with van der Waals surface area (Å²) in [7, 11) is 0. The minimum atomic E-state index is -0.202. The van der Waals surface area contributed by atoms with Crippen LogP contribution in [0.15, 0.2) is 58.2 Å². The van der Waals surface area contributed by atoms with E-state index in [1.807, 2.05) is 31.2 Å². The van der Waals surface area contributed by atoms with E-state index in [0.717, 1.165) is 29.9 Å². The summed E-state index contributed by atoms with van der Waals surface area (Å²) in [4.78, 5) is 17.5. The predicted octanol–water partition coefficient (Wildman–Crippen LogP) is 4.80. The van der Waals surface area contributed by atoms with Crippen LogP contribution in [0, 0.1) is 6.92 Å². The lowest BCUT2D eigenvalue weighted by molar-refractivity contribution is 0.0487. The average Bonchev–Trinajstić information content (AvgIpc) is 3.22. The van der Waals surface area contributed by atoms with Crippen LogP contribution in [0.5, 0.6) is 0 Å². The van der Waals surface area contributed by atoms with Crippen molar-refractivity contribution in [2.24, 2.45) is 0 Å². The molecule has 31 heavy (non-hydrogen) atoms. The number of carbonyl (C=O) groups is 1. The maximum atomic E-state index is 13.1. The van der Waals surface area contributed by atoms with Crippen molar-refractivity contribution in [3.63, 3.8) is 0 Å². The first kappa shape index (κ1) is 21.9. The number of ether oxygens (including phenoxy) is 1. The second kappa shape index (κ2) is 9.85. The first-order valence-electron chi connectivity index (χ1n) is 10.2. The number of halogens is 1. The molecule has 0 radical (unpaired) electrons. The number of nitrogens with zero attached hydrogens (tertiary/aromatic N) is 2. The summed E-state index contributed by atoms with van der Waals surface area (Å²) >= 11 is 7.72. The maximum absolute atomic E-state index is 13.1. The van der Waals surface area contributed by atoms with Crippen LogP contribution in [0.3, 0.4) is 0 Å². The molecule has 0 unspecified atom stereocenters. The van der Waals surface area contributed by atoms with E-state index in [4.69, 9.17) is 20.9 Å². The number of aryl methyl sites for hydroxylation is 1. The average molecular weight is 458 g/mol. The Labute approximate surface area is 190 Å². The number of benzene rings is 1. The van der Waals surface area contributed by atoms with Crippen LogP contribution >= 0.6 is 23.4 Å². The number of thioether (sulfide) groups is 1. The zero-order chi connectivity index (χ0) is 21.7. The fourth-order valence-electron chi connectivity index (χ4n) is 3.80. The second-order valence-electron chi connectivity index (χ2n) is 7.66. The molecule has 0 atom stereocenters. The molecule has 0 bridgehead atoms. The molecule has 1 N–H and O–H groups in total. The number of aromatic nitrogens is 2. The molecule has 162 valence electrons. The Morgan fingerprint density at radius 2 is 2.06 bits per heavy atom. The third kappa shape index (κ3) is 5.29. The highest BCUT2D eigenvalue weighted by Gasteiger charge is 2.35. The molecule has 2 aromatic heterocycles. The van der Waals surface area contributed by atoms with Crippen LogP contribution in [0.2, 0.25) is 5.02 Å². The van der Waals surface area contributed by atoms with Crippen LogP contribution in [0.1, 0.15) is 40.2 Å². The van der Waals surface area contributed by atoms with Gasteiger partial charge in [0.1, 0.15) is 10.8 Å². The van der Waals surface area contributed by atoms with Crippen molar-refractivity contribution in [2.45, 2.75) is 36.0 Å². The topological polar surface area (TPSA) is 77.2 Å². The Bertz CT molecular complexity index is 1050. The van der Waals surface area contributed by atoms with Gasteiger partial charge in [0.05, 0.1) is 11.3 Å². The molecule has 4 rings (SSSR count). The van der Waals surface area contributed by atoms with Crippen LogP contribution < -0.4 is 5.32 Å². The van der Waals surface area contributed by atoms with Crippen LogP contribution in [0.4, 0.5) is 0 Å². The van der Waals surface area contributed by atoms with Crippen molar-refractivity contribution in [1.82, 2.24) is 15.5 Å². The number of nitrogens with one attached hydrogen (secondary N) is 1. The zero-order valence-corrected chi connectivity index (χ0v) is 18.8. The van der Waals surface area contributed by atoms with Crippen LogP contribution in [-0.4, -0.2) is 35.8 Å². The maximum Gasteiger partial charge on any atom is 0.254 e. The lowest BCUT2D eigenvalue weighted by Gasteiger charge is -2.38. The summed E-state index contributed by atoms with van der Waals surface area (Å²) in [5.74, 6) is 1.20. The molecule has 1 amide bonds. The van der Waals surface area contributed by atoms with E-state index in [1.54, 1.807) is 18.3 Å². The van der Waals surface area contributed by atoms with Crippen LogP contribution in [0.25, 0.3) is 0 Å². The molecule has 0 saturated carbocycles. The fraction of sp³-hybridized carbons (Fsp3) is 0.348. The van der Waals surface area contributed by atoms with Crippen LogP contribution in [-0.2, 0) is 15.9 Å². The van der Waals surface area contributed by atoms with E-state index in [1.165, 1.54) is 11.8 Å². The summed E-state index contributed by atoms with van der Waals surface area (Å²) in [6.45, 7) is 3.69. The molecule has 0 aliphatic carbocycles. The smallest absolute Gasteiger partial charge is 0.254 e. The van der Waals surface area contributed by atoms with Gasteiger partial charge in [-0.1, -0.05) is 40.7 Å². The van der Waals surface area contributed by atoms with E-state index >= 15 is 0 Å². The van der Waals surface area contributed by atoms with Gasteiger partial charge in [0, 0.05) is 48.2 Å². The molecular formula is C23H24ClN3O3S. The highest BCUT2D eigenvalue weighted by Crippen LogP contribution is 2.35. The van der Waals surface area contributed by atoms with Gasteiger partial charge >= 0.3 is 0 Å². The largest absolute Gasteiger partial charge is 0.381 e. The highest BCUT2D eigenvalue weighted by molar-refractivity contribution is 7.98. The minimum Gasteiger partial charge on any atom is -0.381 e. The Kier molecular flexibility index (Phi) is 6.95. The highest BCUT2D eigenvalue weighted by atomic mass is 35.5. The van der Waals surface area contributed by atoms with E-state index in [0.29, 0.717) is 41.1 Å². The van der Waals surface area contributed by atoms with Gasteiger partial charge in [-0.2, -0.15) is 0 Å². The number of rotatable bonds is 7. The van der Waals surface area contributed by atoms with Crippen molar-refractivity contribution in [3.8, 4) is 0 Å². The van der Waals surface area contributed by atoms with Gasteiger partial charge in [0.15, 0.2) is 0 Å². The molecule has 1 aliphatic heterocycles. The molecule has 6 nitrogen and oxygen atoms in total. The molecule has 8 heteroatoms. The van der Waals surface area contributed by atoms with Crippen molar-refractivity contribution in [3.05, 3.63) is 76.3 Å². The Morgan fingerprint density at radius 3 is 2.81 bits per heavy atom. The quantitative estimate of drug-likeness (QED) is 0.513. The van der Waals surface area contributed by atoms with Gasteiger partial charge in [-0.05, 0) is 49.6 Å². The number of hydrogen-bond acceptors (Lipinski definition) is 6. The Morgan fingerprint density at radius 1 is 1.23 bits per heavy atom. The minimum absolute atomic E-state index is 0.139. The summed E-state index contributed by atoms with van der Waals surface area (Å²) in [5, 5.41) is 8.52. The number of carbonyl (C=O) groups excluding carboxylic acids is 1. The SMILES string of the molecule is Cc1cc(CSc2ncccc2C(=O)NCC2(c3cccc(Cl)c3)CCOCC2)no1. The molecule has 1 saturated heterocycles. The standard InChI is InChI=1S/C23H24ClN3O3S/c1-16-12-19(27-30-16)14-31-22-20(6-3-9-25-22)21(28)26-15-23(7-10-29-11-8-23)17-4-2-5-18(24)13-17/h2-6,9,12-13H,7-8,10-11,14-15H2,1H3,(H,26,28). The number of hydrogen-bond donors (Lipinski definition) is 1. The molecule has 1 aliphatic rings. The van der Waals surface area contributed by atoms with E-state index < -0.39 is 0 Å². The molecular weight excluding hydrogens is 434 g/mol. The summed E-state index contributed by atoms with van der Waals surface area (Å²) in [6, 6.07) is 13.4. The molecule has 3 aromatic rings. The normalized spacial score (nSPS) is 15.5. The van der Waals surface area contributed by atoms with Gasteiger partial charge in [0.25, 0.3) is 5.91 Å². The molecule has 0 spiro atoms. The zero-order valence-electron chi connectivity index (χ0n) is 17.3.